The number of aromatic nitrogens is 2. The fraction of sp³-hybridized carbons (Fsp3) is 0.611. The summed E-state index contributed by atoms with van der Waals surface area (Å²) in [5, 5.41) is 11.7. The zero-order chi connectivity index (χ0) is 15.1. The monoisotopic (exact) mass is 297 g/mol. The Bertz CT molecular complexity index is 764. The molecule has 0 radical (unpaired) electrons. The van der Waals surface area contributed by atoms with Gasteiger partial charge in [0.05, 0.1) is 10.9 Å². The van der Waals surface area contributed by atoms with Crippen molar-refractivity contribution in [2.75, 3.05) is 0 Å². The molecule has 3 N–H and O–H groups in total. The molecular weight excluding hydrogens is 274 g/mol. The summed E-state index contributed by atoms with van der Waals surface area (Å²) in [5.41, 5.74) is 8.59. The van der Waals surface area contributed by atoms with Crippen LogP contribution in [-0.2, 0) is 5.54 Å². The predicted molar refractivity (Wildman–Crippen MR) is 85.7 cm³/mol. The highest BCUT2D eigenvalue weighted by Gasteiger charge is 2.57. The van der Waals surface area contributed by atoms with E-state index >= 15 is 0 Å². The molecule has 4 nitrogen and oxygen atoms in total. The van der Waals surface area contributed by atoms with Crippen LogP contribution in [0.5, 0.6) is 5.88 Å². The van der Waals surface area contributed by atoms with Crippen molar-refractivity contribution in [1.29, 1.82) is 0 Å². The summed E-state index contributed by atoms with van der Waals surface area (Å²) in [6.07, 6.45) is 9.06. The summed E-state index contributed by atoms with van der Waals surface area (Å²) >= 11 is 0. The van der Waals surface area contributed by atoms with Crippen LogP contribution in [0.2, 0.25) is 0 Å². The van der Waals surface area contributed by atoms with E-state index in [9.17, 15) is 5.11 Å². The number of aromatic hydroxyl groups is 1. The number of rotatable bonds is 1. The summed E-state index contributed by atoms with van der Waals surface area (Å²) in [4.78, 5) is 4.59. The second-order valence-electron chi connectivity index (χ2n) is 8.26. The highest BCUT2D eigenvalue weighted by Crippen LogP contribution is 2.60. The average molecular weight is 297 g/mol. The standard InChI is InChI=1S/C18H23N3O/c1-11-2-3-14-15(20-11)9-21(16(14)22)18-7-12-4-13(8-18)6-17(19,5-12)10-18/h2-3,9,12-13,22H,4-8,10,19H2,1H3. The highest BCUT2D eigenvalue weighted by molar-refractivity contribution is 5.84. The van der Waals surface area contributed by atoms with Gasteiger partial charge < -0.3 is 15.4 Å². The van der Waals surface area contributed by atoms with E-state index in [1.54, 1.807) is 0 Å². The van der Waals surface area contributed by atoms with Gasteiger partial charge in [-0.2, -0.15) is 0 Å². The second kappa shape index (κ2) is 3.85. The van der Waals surface area contributed by atoms with Gasteiger partial charge in [-0.25, -0.2) is 0 Å². The Kier molecular flexibility index (Phi) is 2.27. The Balaban J connectivity index is 1.69. The minimum Gasteiger partial charge on any atom is -0.494 e. The average Bonchev–Trinajstić information content (AvgIpc) is 2.73. The van der Waals surface area contributed by atoms with Crippen molar-refractivity contribution in [3.05, 3.63) is 24.0 Å². The smallest absolute Gasteiger partial charge is 0.201 e. The molecule has 0 saturated heterocycles. The minimum atomic E-state index is -0.0175. The van der Waals surface area contributed by atoms with Gasteiger partial charge in [-0.1, -0.05) is 0 Å². The maximum atomic E-state index is 10.8. The van der Waals surface area contributed by atoms with Crippen LogP contribution < -0.4 is 5.73 Å². The molecule has 0 amide bonds. The molecule has 4 bridgehead atoms. The summed E-state index contributed by atoms with van der Waals surface area (Å²) < 4.78 is 2.13. The number of hydrogen-bond acceptors (Lipinski definition) is 3. The van der Waals surface area contributed by atoms with E-state index < -0.39 is 0 Å². The Labute approximate surface area is 130 Å². The highest BCUT2D eigenvalue weighted by atomic mass is 16.3. The predicted octanol–water partition coefficient (Wildman–Crippen LogP) is 3.06. The summed E-state index contributed by atoms with van der Waals surface area (Å²) in [6.45, 7) is 1.99. The third kappa shape index (κ3) is 1.59. The van der Waals surface area contributed by atoms with Crippen LogP contribution in [0.4, 0.5) is 0 Å². The number of fused-ring (bicyclic) bond motifs is 1. The van der Waals surface area contributed by atoms with E-state index in [1.165, 1.54) is 19.3 Å². The minimum absolute atomic E-state index is 0.0114. The largest absolute Gasteiger partial charge is 0.494 e. The number of hydrogen-bond donors (Lipinski definition) is 2. The van der Waals surface area contributed by atoms with Crippen molar-refractivity contribution in [3.63, 3.8) is 0 Å². The SMILES string of the molecule is Cc1ccc2c(O)n(C34CC5CC(CC(N)(C5)C3)C4)cc2n1. The molecule has 2 heterocycles. The van der Waals surface area contributed by atoms with Gasteiger partial charge in [0.15, 0.2) is 0 Å². The van der Waals surface area contributed by atoms with Crippen LogP contribution in [0.1, 0.15) is 44.2 Å². The molecule has 4 heteroatoms. The maximum Gasteiger partial charge on any atom is 0.201 e. The lowest BCUT2D eigenvalue weighted by Gasteiger charge is -2.61. The molecule has 4 saturated carbocycles. The molecule has 2 aromatic rings. The first-order chi connectivity index (χ1) is 10.5. The Morgan fingerprint density at radius 1 is 1.23 bits per heavy atom. The number of nitrogens with zero attached hydrogens (tertiary/aromatic N) is 2. The quantitative estimate of drug-likeness (QED) is 0.850. The topological polar surface area (TPSA) is 64.1 Å². The van der Waals surface area contributed by atoms with Crippen LogP contribution in [0.3, 0.4) is 0 Å². The van der Waals surface area contributed by atoms with Crippen molar-refractivity contribution in [1.82, 2.24) is 9.55 Å². The van der Waals surface area contributed by atoms with Crippen molar-refractivity contribution < 1.29 is 5.11 Å². The van der Waals surface area contributed by atoms with Crippen LogP contribution in [0.25, 0.3) is 10.9 Å². The van der Waals surface area contributed by atoms with Crippen LogP contribution >= 0.6 is 0 Å². The van der Waals surface area contributed by atoms with Gasteiger partial charge in [-0.15, -0.1) is 0 Å². The molecule has 0 aliphatic heterocycles. The van der Waals surface area contributed by atoms with Crippen molar-refractivity contribution in [2.45, 2.75) is 56.5 Å². The molecule has 4 aliphatic carbocycles. The molecule has 22 heavy (non-hydrogen) atoms. The van der Waals surface area contributed by atoms with Crippen LogP contribution in [0, 0.1) is 18.8 Å². The molecule has 4 fully saturated rings. The van der Waals surface area contributed by atoms with E-state index in [0.29, 0.717) is 5.88 Å². The number of pyridine rings is 1. The summed E-state index contributed by atoms with van der Waals surface area (Å²) in [7, 11) is 0. The number of nitrogens with two attached hydrogens (primary N) is 1. The van der Waals surface area contributed by atoms with E-state index in [4.69, 9.17) is 5.73 Å². The van der Waals surface area contributed by atoms with Gasteiger partial charge in [-0.05, 0) is 69.4 Å². The lowest BCUT2D eigenvalue weighted by atomic mass is 9.50. The lowest BCUT2D eigenvalue weighted by Crippen LogP contribution is -2.63. The van der Waals surface area contributed by atoms with Crippen molar-refractivity contribution >= 4 is 10.9 Å². The lowest BCUT2D eigenvalue weighted by molar-refractivity contribution is -0.0597. The van der Waals surface area contributed by atoms with E-state index in [0.717, 1.165) is 47.7 Å². The third-order valence-electron chi connectivity index (χ3n) is 6.37. The van der Waals surface area contributed by atoms with Gasteiger partial charge in [0.25, 0.3) is 0 Å². The maximum absolute atomic E-state index is 10.8. The van der Waals surface area contributed by atoms with Crippen molar-refractivity contribution in [2.24, 2.45) is 17.6 Å². The fourth-order valence-electron chi connectivity index (χ4n) is 6.11. The van der Waals surface area contributed by atoms with Gasteiger partial charge in [0.1, 0.15) is 0 Å². The van der Waals surface area contributed by atoms with Crippen LogP contribution in [0.15, 0.2) is 18.3 Å². The van der Waals surface area contributed by atoms with Gasteiger partial charge >= 0.3 is 0 Å². The molecule has 0 aromatic carbocycles. The molecule has 6 rings (SSSR count). The first kappa shape index (κ1) is 12.9. The third-order valence-corrected chi connectivity index (χ3v) is 6.37. The Morgan fingerprint density at radius 3 is 2.64 bits per heavy atom. The van der Waals surface area contributed by atoms with E-state index in [-0.39, 0.29) is 11.1 Å². The molecule has 4 aliphatic rings. The fourth-order valence-corrected chi connectivity index (χ4v) is 6.11. The first-order valence-corrected chi connectivity index (χ1v) is 8.44. The molecule has 2 unspecified atom stereocenters. The first-order valence-electron chi connectivity index (χ1n) is 8.44. The van der Waals surface area contributed by atoms with Crippen LogP contribution in [-0.4, -0.2) is 20.2 Å². The molecule has 2 aromatic heterocycles. The van der Waals surface area contributed by atoms with E-state index in [1.807, 2.05) is 19.1 Å². The molecule has 2 atom stereocenters. The van der Waals surface area contributed by atoms with Crippen molar-refractivity contribution in [3.8, 4) is 5.88 Å². The van der Waals surface area contributed by atoms with Gasteiger partial charge in [0.2, 0.25) is 5.88 Å². The Hall–Kier alpha value is -1.55. The molecule has 116 valence electrons. The molecule has 0 spiro atoms. The Morgan fingerprint density at radius 2 is 1.95 bits per heavy atom. The zero-order valence-corrected chi connectivity index (χ0v) is 13.0. The normalized spacial score (nSPS) is 39.7. The van der Waals surface area contributed by atoms with E-state index in [2.05, 4.69) is 15.7 Å². The summed E-state index contributed by atoms with van der Waals surface area (Å²) in [6, 6.07) is 3.96. The summed E-state index contributed by atoms with van der Waals surface area (Å²) in [5.74, 6) is 1.84. The van der Waals surface area contributed by atoms with Gasteiger partial charge in [0, 0.05) is 23.0 Å². The van der Waals surface area contributed by atoms with Gasteiger partial charge in [-0.3, -0.25) is 4.98 Å². The number of aryl methyl sites for hydroxylation is 1. The molecular formula is C18H23N3O. The zero-order valence-electron chi connectivity index (χ0n) is 13.0. The second-order valence-corrected chi connectivity index (χ2v) is 8.26.